The van der Waals surface area contributed by atoms with Crippen molar-refractivity contribution in [2.24, 2.45) is 0 Å². The Bertz CT molecular complexity index is 529. The maximum atomic E-state index is 10.7. The zero-order chi connectivity index (χ0) is 18.0. The van der Waals surface area contributed by atoms with Crippen molar-refractivity contribution in [2.45, 2.75) is 66.2 Å². The van der Waals surface area contributed by atoms with Crippen LogP contribution in [0.25, 0.3) is 0 Å². The zero-order valence-corrected chi connectivity index (χ0v) is 16.7. The smallest absolute Gasteiger partial charge is 0.173 e. The van der Waals surface area contributed by atoms with Crippen LogP contribution in [0.3, 0.4) is 0 Å². The molecule has 0 fully saturated rings. The van der Waals surface area contributed by atoms with Crippen molar-refractivity contribution in [3.05, 3.63) is 23.3 Å². The summed E-state index contributed by atoms with van der Waals surface area (Å²) >= 11 is 5.51. The predicted octanol–water partition coefficient (Wildman–Crippen LogP) is 5.03. The Morgan fingerprint density at radius 1 is 1.00 bits per heavy atom. The monoisotopic (exact) mass is 336 g/mol. The van der Waals surface area contributed by atoms with Gasteiger partial charge < -0.3 is 15.3 Å². The van der Waals surface area contributed by atoms with E-state index in [1.165, 1.54) is 0 Å². The van der Waals surface area contributed by atoms with Crippen LogP contribution in [-0.2, 0) is 10.8 Å². The van der Waals surface area contributed by atoms with Gasteiger partial charge in [-0.1, -0.05) is 41.5 Å². The Balaban J connectivity index is 3.37. The van der Waals surface area contributed by atoms with E-state index in [-0.39, 0.29) is 10.8 Å². The molecule has 0 saturated heterocycles. The van der Waals surface area contributed by atoms with Gasteiger partial charge in [-0.15, -0.1) is 0 Å². The third kappa shape index (κ3) is 4.84. The van der Waals surface area contributed by atoms with Crippen molar-refractivity contribution >= 4 is 23.0 Å². The highest BCUT2D eigenvalue weighted by Gasteiger charge is 2.26. The Kier molecular flexibility index (Phi) is 6.08. The first-order valence-electron chi connectivity index (χ1n) is 8.35. The maximum Gasteiger partial charge on any atom is 0.173 e. The molecule has 130 valence electrons. The summed E-state index contributed by atoms with van der Waals surface area (Å²) in [5.74, 6) is 0.393. The standard InChI is InChI=1S/C19H32N2OS/c1-9-21(10-2)17(23)20-13-11-14(18(3,4)5)16(22)15(12-13)19(6,7)8/h11-12,22H,9-10H2,1-8H3,(H,20,23). The largest absolute Gasteiger partial charge is 0.507 e. The van der Waals surface area contributed by atoms with Crippen molar-refractivity contribution < 1.29 is 5.11 Å². The van der Waals surface area contributed by atoms with E-state index in [4.69, 9.17) is 12.2 Å². The number of hydrogen-bond acceptors (Lipinski definition) is 2. The van der Waals surface area contributed by atoms with E-state index in [1.807, 2.05) is 12.1 Å². The number of aromatic hydroxyl groups is 1. The predicted molar refractivity (Wildman–Crippen MR) is 105 cm³/mol. The zero-order valence-electron chi connectivity index (χ0n) is 15.9. The number of phenolic OH excluding ortho intramolecular Hbond substituents is 1. The molecule has 0 saturated carbocycles. The van der Waals surface area contributed by atoms with Gasteiger partial charge in [0, 0.05) is 29.9 Å². The van der Waals surface area contributed by atoms with Gasteiger partial charge in [0.25, 0.3) is 0 Å². The molecule has 0 aromatic heterocycles. The lowest BCUT2D eigenvalue weighted by molar-refractivity contribution is 0.423. The molecule has 2 N–H and O–H groups in total. The Morgan fingerprint density at radius 2 is 1.39 bits per heavy atom. The molecule has 1 rings (SSSR count). The lowest BCUT2D eigenvalue weighted by Crippen LogP contribution is -2.34. The minimum atomic E-state index is -0.140. The first-order valence-corrected chi connectivity index (χ1v) is 8.76. The van der Waals surface area contributed by atoms with E-state index in [1.54, 1.807) is 0 Å². The van der Waals surface area contributed by atoms with Gasteiger partial charge in [-0.25, -0.2) is 0 Å². The van der Waals surface area contributed by atoms with E-state index >= 15 is 0 Å². The molecule has 0 aliphatic heterocycles. The van der Waals surface area contributed by atoms with Crippen LogP contribution in [0.1, 0.15) is 66.5 Å². The molecule has 0 spiro atoms. The summed E-state index contributed by atoms with van der Waals surface area (Å²) in [6, 6.07) is 4.03. The summed E-state index contributed by atoms with van der Waals surface area (Å²) in [5, 5.41) is 14.8. The molecule has 23 heavy (non-hydrogen) atoms. The van der Waals surface area contributed by atoms with Crippen LogP contribution in [0.15, 0.2) is 12.1 Å². The summed E-state index contributed by atoms with van der Waals surface area (Å²) in [5.41, 5.74) is 2.54. The normalized spacial score (nSPS) is 12.2. The second kappa shape index (κ2) is 7.08. The summed E-state index contributed by atoms with van der Waals surface area (Å²) in [7, 11) is 0. The second-order valence-corrected chi connectivity index (χ2v) is 8.41. The van der Waals surface area contributed by atoms with E-state index < -0.39 is 0 Å². The molecule has 0 heterocycles. The van der Waals surface area contributed by atoms with Gasteiger partial charge >= 0.3 is 0 Å². The van der Waals surface area contributed by atoms with Crippen molar-refractivity contribution in [1.29, 1.82) is 0 Å². The molecule has 4 heteroatoms. The molecule has 0 unspecified atom stereocenters. The van der Waals surface area contributed by atoms with Crippen molar-refractivity contribution in [3.8, 4) is 5.75 Å². The van der Waals surface area contributed by atoms with Crippen LogP contribution in [0.2, 0.25) is 0 Å². The average Bonchev–Trinajstić information content (AvgIpc) is 2.39. The fourth-order valence-electron chi connectivity index (χ4n) is 2.56. The fourth-order valence-corrected chi connectivity index (χ4v) is 2.94. The highest BCUT2D eigenvalue weighted by molar-refractivity contribution is 7.80. The minimum absolute atomic E-state index is 0.140. The molecule has 1 aromatic carbocycles. The Morgan fingerprint density at radius 3 is 1.70 bits per heavy atom. The van der Waals surface area contributed by atoms with Gasteiger partial charge in [0.05, 0.1) is 0 Å². The molecular weight excluding hydrogens is 304 g/mol. The third-order valence-electron chi connectivity index (χ3n) is 4.03. The first-order chi connectivity index (χ1) is 10.4. The highest BCUT2D eigenvalue weighted by atomic mass is 32.1. The number of thiocarbonyl (C=S) groups is 1. The highest BCUT2D eigenvalue weighted by Crippen LogP contribution is 2.41. The summed E-state index contributed by atoms with van der Waals surface area (Å²) < 4.78 is 0. The van der Waals surface area contributed by atoms with Crippen LogP contribution >= 0.6 is 12.2 Å². The van der Waals surface area contributed by atoms with Crippen molar-refractivity contribution in [2.75, 3.05) is 18.4 Å². The fraction of sp³-hybridized carbons (Fsp3) is 0.632. The SMILES string of the molecule is CCN(CC)C(=S)Nc1cc(C(C)(C)C)c(O)c(C(C)(C)C)c1. The van der Waals surface area contributed by atoms with Gasteiger partial charge in [-0.3, -0.25) is 0 Å². The molecular formula is C19H32N2OS. The third-order valence-corrected chi connectivity index (χ3v) is 4.39. The van der Waals surface area contributed by atoms with Crippen molar-refractivity contribution in [1.82, 2.24) is 4.90 Å². The molecule has 0 bridgehead atoms. The molecule has 0 amide bonds. The van der Waals surface area contributed by atoms with Crippen molar-refractivity contribution in [3.63, 3.8) is 0 Å². The summed E-state index contributed by atoms with van der Waals surface area (Å²) in [6.45, 7) is 18.6. The number of hydrogen-bond donors (Lipinski definition) is 2. The van der Waals surface area contributed by atoms with Gasteiger partial charge in [-0.05, 0) is 49.0 Å². The molecule has 3 nitrogen and oxygen atoms in total. The number of nitrogens with zero attached hydrogens (tertiary/aromatic N) is 1. The minimum Gasteiger partial charge on any atom is -0.507 e. The number of phenols is 1. The van der Waals surface area contributed by atoms with Crippen LogP contribution in [0.4, 0.5) is 5.69 Å². The van der Waals surface area contributed by atoms with Crippen LogP contribution in [0.5, 0.6) is 5.75 Å². The quantitative estimate of drug-likeness (QED) is 0.600. The summed E-state index contributed by atoms with van der Waals surface area (Å²) in [6.07, 6.45) is 0. The van der Waals surface area contributed by atoms with E-state index in [0.717, 1.165) is 35.0 Å². The Hall–Kier alpha value is -1.29. The molecule has 0 atom stereocenters. The lowest BCUT2D eigenvalue weighted by atomic mass is 9.79. The van der Waals surface area contributed by atoms with Gasteiger partial charge in [0.1, 0.15) is 5.75 Å². The van der Waals surface area contributed by atoms with Gasteiger partial charge in [-0.2, -0.15) is 0 Å². The average molecular weight is 337 g/mol. The number of anilines is 1. The van der Waals surface area contributed by atoms with E-state index in [9.17, 15) is 5.11 Å². The topological polar surface area (TPSA) is 35.5 Å². The first kappa shape index (κ1) is 19.8. The Labute approximate surface area is 147 Å². The number of benzene rings is 1. The number of rotatable bonds is 3. The number of nitrogens with one attached hydrogen (secondary N) is 1. The van der Waals surface area contributed by atoms with Crippen LogP contribution < -0.4 is 5.32 Å². The summed E-state index contributed by atoms with van der Waals surface area (Å²) in [4.78, 5) is 2.11. The molecule has 0 aliphatic carbocycles. The maximum absolute atomic E-state index is 10.7. The molecule has 0 radical (unpaired) electrons. The van der Waals surface area contributed by atoms with Gasteiger partial charge in [0.2, 0.25) is 0 Å². The lowest BCUT2D eigenvalue weighted by Gasteiger charge is -2.29. The van der Waals surface area contributed by atoms with Gasteiger partial charge in [0.15, 0.2) is 5.11 Å². The van der Waals surface area contributed by atoms with Crippen LogP contribution in [0, 0.1) is 0 Å². The van der Waals surface area contributed by atoms with E-state index in [0.29, 0.717) is 5.75 Å². The molecule has 1 aromatic rings. The second-order valence-electron chi connectivity index (χ2n) is 8.02. The van der Waals surface area contributed by atoms with Crippen LogP contribution in [-0.4, -0.2) is 28.2 Å². The molecule has 0 aliphatic rings. The van der Waals surface area contributed by atoms with E-state index in [2.05, 4.69) is 65.6 Å².